The number of carbonyl (C=O) groups excluding carboxylic acids is 1. The molecule has 8 heavy (non-hydrogen) atoms. The van der Waals surface area contributed by atoms with E-state index >= 15 is 0 Å². The van der Waals surface area contributed by atoms with Crippen molar-refractivity contribution in [2.45, 2.75) is 19.3 Å². The standard InChI is InChI=1S/C4H7O3S/c1-3(5)7-4(2)8-6/h4H,1-2H3/q+1. The molecule has 4 heteroatoms. The van der Waals surface area contributed by atoms with Crippen LogP contribution in [0.1, 0.15) is 13.8 Å². The van der Waals surface area contributed by atoms with E-state index in [1.807, 2.05) is 0 Å². The summed E-state index contributed by atoms with van der Waals surface area (Å²) in [6.07, 6.45) is 0. The van der Waals surface area contributed by atoms with Crippen LogP contribution < -0.4 is 0 Å². The predicted molar refractivity (Wildman–Crippen MR) is 29.3 cm³/mol. The minimum atomic E-state index is -0.563. The number of ether oxygens (including phenoxy) is 1. The number of esters is 1. The number of rotatable bonds is 2. The van der Waals surface area contributed by atoms with Gasteiger partial charge < -0.3 is 4.74 Å². The highest BCUT2D eigenvalue weighted by Crippen LogP contribution is 1.86. The van der Waals surface area contributed by atoms with E-state index in [1.165, 1.54) is 13.8 Å². The SMILES string of the molecule is CC(=O)OC(C)[S+]=O. The zero-order valence-corrected chi connectivity index (χ0v) is 5.53. The number of carbonyl (C=O) groups is 1. The Morgan fingerprint density at radius 3 is 2.38 bits per heavy atom. The molecule has 46 valence electrons. The van der Waals surface area contributed by atoms with Gasteiger partial charge in [-0.15, -0.1) is 0 Å². The summed E-state index contributed by atoms with van der Waals surface area (Å²) in [4.78, 5) is 10.0. The Balaban J connectivity index is 3.38. The Bertz CT molecular complexity index is 101. The minimum Gasteiger partial charge on any atom is -0.404 e. The zero-order chi connectivity index (χ0) is 6.57. The predicted octanol–water partition coefficient (Wildman–Crippen LogP) is 0.324. The summed E-state index contributed by atoms with van der Waals surface area (Å²) < 4.78 is 14.2. The molecule has 0 bridgehead atoms. The lowest BCUT2D eigenvalue weighted by Crippen LogP contribution is -2.09. The van der Waals surface area contributed by atoms with Crippen molar-refractivity contribution < 1.29 is 13.7 Å². The summed E-state index contributed by atoms with van der Waals surface area (Å²) in [6.45, 7) is 2.80. The van der Waals surface area contributed by atoms with Crippen molar-refractivity contribution in [3.63, 3.8) is 0 Å². The first kappa shape index (κ1) is 7.49. The lowest BCUT2D eigenvalue weighted by Gasteiger charge is -1.90. The van der Waals surface area contributed by atoms with Crippen LogP contribution in [0.15, 0.2) is 0 Å². The molecule has 0 spiro atoms. The highest BCUT2D eigenvalue weighted by molar-refractivity contribution is 7.66. The molecular weight excluding hydrogens is 128 g/mol. The van der Waals surface area contributed by atoms with Gasteiger partial charge in [0.15, 0.2) is 0 Å². The highest BCUT2D eigenvalue weighted by Gasteiger charge is 2.15. The molecule has 1 unspecified atom stereocenters. The van der Waals surface area contributed by atoms with Gasteiger partial charge in [-0.3, -0.25) is 4.79 Å². The Labute approximate surface area is 51.5 Å². The van der Waals surface area contributed by atoms with E-state index in [0.717, 1.165) is 0 Å². The molecule has 0 aliphatic heterocycles. The fourth-order valence-corrected chi connectivity index (χ4v) is 0.428. The molecular formula is C4H7O3S+. The third kappa shape index (κ3) is 3.67. The molecule has 0 saturated heterocycles. The maximum absolute atomic E-state index is 10.0. The van der Waals surface area contributed by atoms with E-state index in [9.17, 15) is 9.00 Å². The smallest absolute Gasteiger partial charge is 0.404 e. The summed E-state index contributed by atoms with van der Waals surface area (Å²) in [5, 5.41) is 0. The van der Waals surface area contributed by atoms with Crippen molar-refractivity contribution in [2.75, 3.05) is 0 Å². The van der Waals surface area contributed by atoms with Crippen molar-refractivity contribution in [3.8, 4) is 0 Å². The molecule has 0 N–H and O–H groups in total. The molecule has 0 aromatic rings. The van der Waals surface area contributed by atoms with Gasteiger partial charge in [0.1, 0.15) is 0 Å². The van der Waals surface area contributed by atoms with Gasteiger partial charge in [0.25, 0.3) is 0 Å². The highest BCUT2D eigenvalue weighted by atomic mass is 32.1. The maximum atomic E-state index is 10.0. The zero-order valence-electron chi connectivity index (χ0n) is 4.71. The molecule has 0 aromatic heterocycles. The third-order valence-electron chi connectivity index (χ3n) is 0.467. The van der Waals surface area contributed by atoms with Crippen molar-refractivity contribution in [2.24, 2.45) is 0 Å². The fraction of sp³-hybridized carbons (Fsp3) is 0.750. The fourth-order valence-electron chi connectivity index (χ4n) is 0.253. The first-order chi connectivity index (χ1) is 3.66. The summed E-state index contributed by atoms with van der Waals surface area (Å²) in [5.41, 5.74) is -0.563. The second kappa shape index (κ2) is 3.49. The molecule has 0 heterocycles. The Kier molecular flexibility index (Phi) is 3.26. The van der Waals surface area contributed by atoms with E-state index in [-0.39, 0.29) is 11.7 Å². The maximum Gasteiger partial charge on any atom is 0.507 e. The van der Waals surface area contributed by atoms with E-state index in [0.29, 0.717) is 0 Å². The largest absolute Gasteiger partial charge is 0.507 e. The quantitative estimate of drug-likeness (QED) is 0.311. The topological polar surface area (TPSA) is 43.4 Å². The second-order valence-corrected chi connectivity index (χ2v) is 2.13. The van der Waals surface area contributed by atoms with Crippen LogP contribution in [0.25, 0.3) is 0 Å². The third-order valence-corrected chi connectivity index (χ3v) is 0.835. The van der Waals surface area contributed by atoms with E-state index in [4.69, 9.17) is 0 Å². The van der Waals surface area contributed by atoms with Crippen LogP contribution in [0.3, 0.4) is 0 Å². The first-order valence-corrected chi connectivity index (χ1v) is 2.93. The van der Waals surface area contributed by atoms with Crippen molar-refractivity contribution >= 4 is 17.6 Å². The summed E-state index contributed by atoms with van der Waals surface area (Å²) in [7, 11) is 0. The lowest BCUT2D eigenvalue weighted by atomic mass is 10.8. The van der Waals surface area contributed by atoms with Crippen LogP contribution in [-0.2, 0) is 25.4 Å². The van der Waals surface area contributed by atoms with Gasteiger partial charge in [-0.05, 0) is 0 Å². The summed E-state index contributed by atoms with van der Waals surface area (Å²) in [5.74, 6) is -0.416. The molecule has 0 radical (unpaired) electrons. The van der Waals surface area contributed by atoms with Crippen LogP contribution in [-0.4, -0.2) is 11.4 Å². The van der Waals surface area contributed by atoms with E-state index < -0.39 is 11.4 Å². The van der Waals surface area contributed by atoms with Gasteiger partial charge in [0, 0.05) is 18.1 Å². The Hall–Kier alpha value is -0.510. The molecule has 0 aromatic carbocycles. The molecule has 1 atom stereocenters. The average molecular weight is 135 g/mol. The minimum absolute atomic E-state index is 0.260. The van der Waals surface area contributed by atoms with Crippen LogP contribution in [0.2, 0.25) is 0 Å². The van der Waals surface area contributed by atoms with Gasteiger partial charge in [0.05, 0.1) is 0 Å². The molecule has 0 rings (SSSR count). The Morgan fingerprint density at radius 1 is 1.75 bits per heavy atom. The van der Waals surface area contributed by atoms with Crippen LogP contribution in [0, 0.1) is 0 Å². The number of hydrogen-bond donors (Lipinski definition) is 0. The van der Waals surface area contributed by atoms with Crippen molar-refractivity contribution in [1.82, 2.24) is 0 Å². The van der Waals surface area contributed by atoms with E-state index in [2.05, 4.69) is 4.74 Å². The van der Waals surface area contributed by atoms with Gasteiger partial charge in [-0.25, -0.2) is 0 Å². The summed E-state index contributed by atoms with van der Waals surface area (Å²) in [6, 6.07) is 0. The molecule has 0 aliphatic rings. The van der Waals surface area contributed by atoms with Crippen LogP contribution in [0.4, 0.5) is 0 Å². The van der Waals surface area contributed by atoms with Crippen molar-refractivity contribution in [1.29, 1.82) is 0 Å². The van der Waals surface area contributed by atoms with Gasteiger partial charge in [-0.1, -0.05) is 0 Å². The normalized spacial score (nSPS) is 12.2. The lowest BCUT2D eigenvalue weighted by molar-refractivity contribution is -0.141. The number of hydrogen-bond acceptors (Lipinski definition) is 3. The summed E-state index contributed by atoms with van der Waals surface area (Å²) >= 11 is 0.260. The van der Waals surface area contributed by atoms with E-state index in [1.54, 1.807) is 0 Å². The second-order valence-electron chi connectivity index (χ2n) is 1.27. The monoisotopic (exact) mass is 135 g/mol. The molecule has 0 fully saturated rings. The average Bonchev–Trinajstić information content (AvgIpc) is 1.65. The Morgan fingerprint density at radius 2 is 2.25 bits per heavy atom. The van der Waals surface area contributed by atoms with Crippen LogP contribution >= 0.6 is 0 Å². The van der Waals surface area contributed by atoms with Gasteiger partial charge in [0.2, 0.25) is 0 Å². The molecule has 0 saturated carbocycles. The van der Waals surface area contributed by atoms with Crippen LogP contribution in [0.5, 0.6) is 0 Å². The van der Waals surface area contributed by atoms with Gasteiger partial charge in [-0.2, -0.15) is 0 Å². The van der Waals surface area contributed by atoms with Crippen molar-refractivity contribution in [3.05, 3.63) is 0 Å². The first-order valence-electron chi connectivity index (χ1n) is 2.12. The molecule has 3 nitrogen and oxygen atoms in total. The molecule has 0 amide bonds. The van der Waals surface area contributed by atoms with Gasteiger partial charge >= 0.3 is 23.1 Å². The molecule has 0 aliphatic carbocycles.